The molecule has 2 aromatic rings. The standard InChI is InChI=1S/C37H53N3O7/c1-8-45-34(41)25-44-24-28-10-9-11-33(21-28)46-32-16-13-29(14-17-32)35(42)38(7)31-15-12-30(26(2)20-31)23-39-18-19-40(27(3)22-39)36(43)47-37(4,5)6/h9-12,15,20-21,27,29,32H,8,13-14,16-19,22-25H2,1-7H3/t27-,29?,32?/m0/s1. The first kappa shape index (κ1) is 36.2. The van der Waals surface area contributed by atoms with Crippen LogP contribution in [0.2, 0.25) is 0 Å². The van der Waals surface area contributed by atoms with Gasteiger partial charge < -0.3 is 28.7 Å². The van der Waals surface area contributed by atoms with Gasteiger partial charge in [-0.25, -0.2) is 9.59 Å². The Bertz CT molecular complexity index is 1370. The number of piperazine rings is 1. The summed E-state index contributed by atoms with van der Waals surface area (Å²) in [6.45, 7) is 15.2. The molecular formula is C37H53N3O7. The Morgan fingerprint density at radius 2 is 1.74 bits per heavy atom. The van der Waals surface area contributed by atoms with E-state index >= 15 is 0 Å². The fourth-order valence-corrected chi connectivity index (χ4v) is 6.26. The van der Waals surface area contributed by atoms with Crippen molar-refractivity contribution in [3.8, 4) is 5.75 Å². The summed E-state index contributed by atoms with van der Waals surface area (Å²) in [6.07, 6.45) is 2.98. The van der Waals surface area contributed by atoms with Crippen molar-refractivity contribution in [1.29, 1.82) is 0 Å². The van der Waals surface area contributed by atoms with E-state index in [9.17, 15) is 14.4 Å². The van der Waals surface area contributed by atoms with Crippen LogP contribution in [0.15, 0.2) is 42.5 Å². The number of carbonyl (C=O) groups is 3. The molecule has 0 N–H and O–H groups in total. The summed E-state index contributed by atoms with van der Waals surface area (Å²) in [4.78, 5) is 43.6. The molecule has 2 fully saturated rings. The molecule has 4 rings (SSSR count). The van der Waals surface area contributed by atoms with Crippen LogP contribution in [0.5, 0.6) is 5.75 Å². The molecule has 1 aliphatic carbocycles. The topological polar surface area (TPSA) is 97.9 Å². The maximum Gasteiger partial charge on any atom is 0.410 e. The van der Waals surface area contributed by atoms with Crippen LogP contribution in [-0.4, -0.2) is 85.4 Å². The molecule has 2 aliphatic rings. The maximum absolute atomic E-state index is 13.5. The third-order valence-corrected chi connectivity index (χ3v) is 8.80. The largest absolute Gasteiger partial charge is 0.490 e. The minimum absolute atomic E-state index is 0.0369. The van der Waals surface area contributed by atoms with E-state index in [0.717, 1.165) is 67.9 Å². The van der Waals surface area contributed by atoms with Gasteiger partial charge in [0, 0.05) is 50.9 Å². The Morgan fingerprint density at radius 1 is 1.00 bits per heavy atom. The molecule has 1 saturated carbocycles. The first-order valence-corrected chi connectivity index (χ1v) is 16.9. The van der Waals surface area contributed by atoms with Crippen molar-refractivity contribution < 1.29 is 33.3 Å². The second-order valence-corrected chi connectivity index (χ2v) is 13.8. The lowest BCUT2D eigenvalue weighted by atomic mass is 9.86. The van der Waals surface area contributed by atoms with Crippen LogP contribution in [0, 0.1) is 12.8 Å². The fourth-order valence-electron chi connectivity index (χ4n) is 6.26. The van der Waals surface area contributed by atoms with Gasteiger partial charge in [-0.3, -0.25) is 9.69 Å². The van der Waals surface area contributed by atoms with E-state index < -0.39 is 5.60 Å². The fraction of sp³-hybridized carbons (Fsp3) is 0.595. The summed E-state index contributed by atoms with van der Waals surface area (Å²) in [5.41, 5.74) is 3.69. The Kier molecular flexibility index (Phi) is 12.7. The quantitative estimate of drug-likeness (QED) is 0.268. The van der Waals surface area contributed by atoms with Crippen LogP contribution >= 0.6 is 0 Å². The van der Waals surface area contributed by atoms with E-state index in [2.05, 4.69) is 30.9 Å². The molecule has 0 radical (unpaired) electrons. The van der Waals surface area contributed by atoms with Crippen molar-refractivity contribution in [3.63, 3.8) is 0 Å². The smallest absolute Gasteiger partial charge is 0.410 e. The number of aryl methyl sites for hydroxylation is 1. The third-order valence-electron chi connectivity index (χ3n) is 8.80. The highest BCUT2D eigenvalue weighted by molar-refractivity contribution is 5.94. The highest BCUT2D eigenvalue weighted by atomic mass is 16.6. The van der Waals surface area contributed by atoms with E-state index in [1.807, 2.05) is 63.1 Å². The number of benzene rings is 2. The molecule has 2 aromatic carbocycles. The maximum atomic E-state index is 13.5. The molecule has 1 atom stereocenters. The minimum Gasteiger partial charge on any atom is -0.490 e. The zero-order chi connectivity index (χ0) is 34.1. The van der Waals surface area contributed by atoms with Crippen LogP contribution in [0.4, 0.5) is 10.5 Å². The number of amides is 2. The Balaban J connectivity index is 1.23. The van der Waals surface area contributed by atoms with Crippen molar-refractivity contribution in [2.75, 3.05) is 44.8 Å². The number of hydrogen-bond donors (Lipinski definition) is 0. The van der Waals surface area contributed by atoms with Crippen LogP contribution in [0.25, 0.3) is 0 Å². The highest BCUT2D eigenvalue weighted by Gasteiger charge is 2.32. The number of rotatable bonds is 11. The summed E-state index contributed by atoms with van der Waals surface area (Å²) in [7, 11) is 1.87. The van der Waals surface area contributed by atoms with Crippen LogP contribution in [-0.2, 0) is 37.0 Å². The van der Waals surface area contributed by atoms with Gasteiger partial charge in [0.2, 0.25) is 5.91 Å². The van der Waals surface area contributed by atoms with Gasteiger partial charge in [0.25, 0.3) is 0 Å². The van der Waals surface area contributed by atoms with Crippen LogP contribution in [0.3, 0.4) is 0 Å². The summed E-state index contributed by atoms with van der Waals surface area (Å²) in [5, 5.41) is 0. The van der Waals surface area contributed by atoms with E-state index in [1.165, 1.54) is 5.56 Å². The van der Waals surface area contributed by atoms with Crippen LogP contribution < -0.4 is 9.64 Å². The lowest BCUT2D eigenvalue weighted by Gasteiger charge is -2.40. The van der Waals surface area contributed by atoms with Gasteiger partial charge in [0.15, 0.2) is 0 Å². The second-order valence-electron chi connectivity index (χ2n) is 13.8. The predicted molar refractivity (Wildman–Crippen MR) is 181 cm³/mol. The number of anilines is 1. The second kappa shape index (κ2) is 16.5. The van der Waals surface area contributed by atoms with Crippen molar-refractivity contribution in [2.24, 2.45) is 5.92 Å². The molecule has 258 valence electrons. The zero-order valence-corrected chi connectivity index (χ0v) is 29.3. The SMILES string of the molecule is CCOC(=O)COCc1cccc(OC2CCC(C(=O)N(C)c3ccc(CN4CCN(C(=O)OC(C)(C)C)[C@@H](C)C4)c(C)c3)CC2)c1. The number of ether oxygens (including phenoxy) is 4. The van der Waals surface area contributed by atoms with Gasteiger partial charge in [-0.2, -0.15) is 0 Å². The number of esters is 1. The van der Waals surface area contributed by atoms with E-state index in [1.54, 1.807) is 11.8 Å². The lowest BCUT2D eigenvalue weighted by Crippen LogP contribution is -2.54. The molecule has 0 bridgehead atoms. The van der Waals surface area contributed by atoms with E-state index in [4.69, 9.17) is 18.9 Å². The van der Waals surface area contributed by atoms with Gasteiger partial charge >= 0.3 is 12.1 Å². The van der Waals surface area contributed by atoms with Crippen molar-refractivity contribution in [1.82, 2.24) is 9.80 Å². The van der Waals surface area contributed by atoms with Gasteiger partial charge in [-0.1, -0.05) is 18.2 Å². The molecule has 10 nitrogen and oxygen atoms in total. The number of carbonyl (C=O) groups excluding carboxylic acids is 3. The molecule has 1 saturated heterocycles. The molecular weight excluding hydrogens is 598 g/mol. The average molecular weight is 652 g/mol. The molecule has 0 aromatic heterocycles. The molecule has 1 aliphatic heterocycles. The first-order valence-electron chi connectivity index (χ1n) is 16.9. The molecule has 47 heavy (non-hydrogen) atoms. The van der Waals surface area contributed by atoms with Crippen molar-refractivity contribution in [3.05, 3.63) is 59.2 Å². The normalized spacial score (nSPS) is 20.4. The molecule has 10 heteroatoms. The monoisotopic (exact) mass is 651 g/mol. The predicted octanol–water partition coefficient (Wildman–Crippen LogP) is 6.12. The Morgan fingerprint density at radius 3 is 2.40 bits per heavy atom. The zero-order valence-electron chi connectivity index (χ0n) is 29.3. The van der Waals surface area contributed by atoms with Crippen LogP contribution in [0.1, 0.15) is 77.0 Å². The number of hydrogen-bond acceptors (Lipinski definition) is 8. The van der Waals surface area contributed by atoms with E-state index in [0.29, 0.717) is 19.8 Å². The molecule has 2 amide bonds. The van der Waals surface area contributed by atoms with Crippen molar-refractivity contribution in [2.45, 2.75) is 98.1 Å². The average Bonchev–Trinajstić information content (AvgIpc) is 3.01. The van der Waals surface area contributed by atoms with Gasteiger partial charge in [0.1, 0.15) is 18.0 Å². The summed E-state index contributed by atoms with van der Waals surface area (Å²) < 4.78 is 22.2. The van der Waals surface area contributed by atoms with Gasteiger partial charge in [-0.15, -0.1) is 0 Å². The summed E-state index contributed by atoms with van der Waals surface area (Å²) in [6, 6.07) is 14.1. The first-order chi connectivity index (χ1) is 22.3. The number of nitrogens with zero attached hydrogens (tertiary/aromatic N) is 3. The minimum atomic E-state index is -0.505. The van der Waals surface area contributed by atoms with Crippen molar-refractivity contribution >= 4 is 23.7 Å². The third kappa shape index (κ3) is 10.7. The summed E-state index contributed by atoms with van der Waals surface area (Å²) >= 11 is 0. The highest BCUT2D eigenvalue weighted by Crippen LogP contribution is 2.31. The Hall–Kier alpha value is -3.63. The Labute approximate surface area is 280 Å². The van der Waals surface area contributed by atoms with Gasteiger partial charge in [0.05, 0.1) is 19.3 Å². The van der Waals surface area contributed by atoms with E-state index in [-0.39, 0.29) is 42.6 Å². The molecule has 0 spiro atoms. The summed E-state index contributed by atoms with van der Waals surface area (Å²) in [5.74, 6) is 0.500. The molecule has 0 unspecified atom stereocenters. The van der Waals surface area contributed by atoms with Gasteiger partial charge in [-0.05, 0) is 108 Å². The lowest BCUT2D eigenvalue weighted by molar-refractivity contribution is -0.148. The molecule has 1 heterocycles.